The van der Waals surface area contributed by atoms with E-state index in [0.29, 0.717) is 6.29 Å². The Hall–Kier alpha value is -1.26. The molecule has 1 aromatic carbocycles. The Balaban J connectivity index is 2.99. The number of aldehydes is 1. The molecule has 0 aliphatic heterocycles. The summed E-state index contributed by atoms with van der Waals surface area (Å²) >= 11 is 11.4. The predicted molar refractivity (Wildman–Crippen MR) is 55.0 cm³/mol. The quantitative estimate of drug-likeness (QED) is 0.831. The molecule has 0 aromatic heterocycles. The number of benzene rings is 1. The molecular weight excluding hydrogens is 243 g/mol. The van der Waals surface area contributed by atoms with Crippen LogP contribution in [0.15, 0.2) is 12.1 Å². The molecule has 0 saturated heterocycles. The van der Waals surface area contributed by atoms with Gasteiger partial charge in [0.1, 0.15) is 5.75 Å². The van der Waals surface area contributed by atoms with Crippen LogP contribution < -0.4 is 4.74 Å². The third-order valence-electron chi connectivity index (χ3n) is 1.56. The summed E-state index contributed by atoms with van der Waals surface area (Å²) in [5, 5.41) is 8.59. The SMILES string of the molecule is O=Cc1c(Cl)ccc(OCC(=O)O)c1Cl. The second-order valence-electron chi connectivity index (χ2n) is 2.57. The van der Waals surface area contributed by atoms with Crippen molar-refractivity contribution in [3.8, 4) is 5.75 Å². The average molecular weight is 249 g/mol. The van der Waals surface area contributed by atoms with Gasteiger partial charge in [-0.2, -0.15) is 0 Å². The van der Waals surface area contributed by atoms with E-state index in [0.717, 1.165) is 0 Å². The van der Waals surface area contributed by atoms with Crippen molar-refractivity contribution in [2.24, 2.45) is 0 Å². The lowest BCUT2D eigenvalue weighted by Gasteiger charge is -2.07. The Bertz CT molecular complexity index is 403. The van der Waals surface area contributed by atoms with Crippen LogP contribution in [0.1, 0.15) is 10.4 Å². The number of aliphatic carboxylic acids is 1. The standard InChI is InChI=1S/C9H6Cl2O4/c10-6-1-2-7(15-4-8(13)14)9(11)5(6)3-12/h1-3H,4H2,(H,13,14). The Morgan fingerprint density at radius 2 is 2.13 bits per heavy atom. The Morgan fingerprint density at radius 1 is 1.47 bits per heavy atom. The summed E-state index contributed by atoms with van der Waals surface area (Å²) in [4.78, 5) is 20.8. The maximum Gasteiger partial charge on any atom is 0.341 e. The largest absolute Gasteiger partial charge is 0.480 e. The fourth-order valence-corrected chi connectivity index (χ4v) is 1.42. The number of hydrogen-bond acceptors (Lipinski definition) is 3. The van der Waals surface area contributed by atoms with Crippen LogP contribution in [0.4, 0.5) is 0 Å². The first-order chi connectivity index (χ1) is 7.06. The fraction of sp³-hybridized carbons (Fsp3) is 0.111. The zero-order valence-electron chi connectivity index (χ0n) is 7.37. The molecule has 0 fully saturated rings. The van der Waals surface area contributed by atoms with E-state index in [2.05, 4.69) is 0 Å². The Labute approximate surface area is 95.4 Å². The van der Waals surface area contributed by atoms with E-state index in [1.165, 1.54) is 12.1 Å². The first kappa shape index (κ1) is 11.8. The second kappa shape index (κ2) is 5.00. The minimum atomic E-state index is -1.13. The number of carboxylic acids is 1. The van der Waals surface area contributed by atoms with Gasteiger partial charge in [0.25, 0.3) is 0 Å². The molecular formula is C9H6Cl2O4. The van der Waals surface area contributed by atoms with Crippen molar-refractivity contribution < 1.29 is 19.4 Å². The maximum atomic E-state index is 10.6. The Kier molecular flexibility index (Phi) is 3.94. The molecule has 0 unspecified atom stereocenters. The molecule has 4 nitrogen and oxygen atoms in total. The van der Waals surface area contributed by atoms with Crippen LogP contribution in [0.3, 0.4) is 0 Å². The summed E-state index contributed by atoms with van der Waals surface area (Å²) in [6, 6.07) is 2.81. The van der Waals surface area contributed by atoms with E-state index in [4.69, 9.17) is 33.0 Å². The van der Waals surface area contributed by atoms with E-state index in [1.54, 1.807) is 0 Å². The van der Waals surface area contributed by atoms with E-state index < -0.39 is 12.6 Å². The molecule has 0 saturated carbocycles. The van der Waals surface area contributed by atoms with Crippen molar-refractivity contribution in [3.05, 3.63) is 27.7 Å². The molecule has 6 heteroatoms. The number of rotatable bonds is 4. The summed E-state index contributed by atoms with van der Waals surface area (Å²) in [5.41, 5.74) is 0.0845. The summed E-state index contributed by atoms with van der Waals surface area (Å²) in [5.74, 6) is -1.01. The second-order valence-corrected chi connectivity index (χ2v) is 3.36. The average Bonchev–Trinajstić information content (AvgIpc) is 2.17. The lowest BCUT2D eigenvalue weighted by atomic mass is 10.2. The minimum absolute atomic E-state index is 0.0127. The normalized spacial score (nSPS) is 9.73. The van der Waals surface area contributed by atoms with Crippen molar-refractivity contribution >= 4 is 35.5 Å². The molecule has 0 amide bonds. The van der Waals surface area contributed by atoms with Crippen molar-refractivity contribution in [1.82, 2.24) is 0 Å². The van der Waals surface area contributed by atoms with Gasteiger partial charge in [-0.05, 0) is 12.1 Å². The topological polar surface area (TPSA) is 63.6 Å². The number of hydrogen-bond donors (Lipinski definition) is 1. The lowest BCUT2D eigenvalue weighted by molar-refractivity contribution is -0.139. The molecule has 1 N–H and O–H groups in total. The minimum Gasteiger partial charge on any atom is -0.480 e. The van der Waals surface area contributed by atoms with Gasteiger partial charge < -0.3 is 9.84 Å². The predicted octanol–water partition coefficient (Wildman–Crippen LogP) is 2.27. The van der Waals surface area contributed by atoms with E-state index in [-0.39, 0.29) is 21.4 Å². The molecule has 15 heavy (non-hydrogen) atoms. The van der Waals surface area contributed by atoms with Crippen LogP contribution in [0.25, 0.3) is 0 Å². The van der Waals surface area contributed by atoms with Gasteiger partial charge in [-0.25, -0.2) is 4.79 Å². The molecule has 0 atom stereocenters. The van der Waals surface area contributed by atoms with Gasteiger partial charge in [-0.3, -0.25) is 4.79 Å². The zero-order valence-corrected chi connectivity index (χ0v) is 8.88. The van der Waals surface area contributed by atoms with E-state index in [9.17, 15) is 9.59 Å². The molecule has 0 spiro atoms. The van der Waals surface area contributed by atoms with Crippen LogP contribution in [0, 0.1) is 0 Å². The van der Waals surface area contributed by atoms with Crippen molar-refractivity contribution in [2.45, 2.75) is 0 Å². The lowest BCUT2D eigenvalue weighted by Crippen LogP contribution is -2.10. The summed E-state index contributed by atoms with van der Waals surface area (Å²) in [6.07, 6.45) is 0.484. The monoisotopic (exact) mass is 248 g/mol. The third kappa shape index (κ3) is 2.84. The number of carbonyl (C=O) groups excluding carboxylic acids is 1. The molecule has 1 aromatic rings. The number of carboxylic acid groups (broad SMARTS) is 1. The van der Waals surface area contributed by atoms with Crippen molar-refractivity contribution in [3.63, 3.8) is 0 Å². The fourth-order valence-electron chi connectivity index (χ4n) is 0.908. The van der Waals surface area contributed by atoms with Gasteiger partial charge in [0.2, 0.25) is 0 Å². The highest BCUT2D eigenvalue weighted by molar-refractivity contribution is 6.39. The number of carbonyl (C=O) groups is 2. The van der Waals surface area contributed by atoms with Gasteiger partial charge >= 0.3 is 5.97 Å². The van der Waals surface area contributed by atoms with Crippen LogP contribution in [0.2, 0.25) is 10.0 Å². The highest BCUT2D eigenvalue weighted by atomic mass is 35.5. The van der Waals surface area contributed by atoms with Gasteiger partial charge in [0.15, 0.2) is 12.9 Å². The summed E-state index contributed by atoms with van der Waals surface area (Å²) < 4.78 is 4.85. The molecule has 0 bridgehead atoms. The third-order valence-corrected chi connectivity index (χ3v) is 2.28. The molecule has 0 radical (unpaired) electrons. The highest BCUT2D eigenvalue weighted by Gasteiger charge is 2.11. The van der Waals surface area contributed by atoms with E-state index in [1.807, 2.05) is 0 Å². The first-order valence-corrected chi connectivity index (χ1v) is 4.59. The maximum absolute atomic E-state index is 10.6. The van der Waals surface area contributed by atoms with Crippen LogP contribution >= 0.6 is 23.2 Å². The number of ether oxygens (including phenoxy) is 1. The van der Waals surface area contributed by atoms with Crippen LogP contribution in [-0.4, -0.2) is 24.0 Å². The van der Waals surface area contributed by atoms with Crippen molar-refractivity contribution in [1.29, 1.82) is 0 Å². The van der Waals surface area contributed by atoms with Crippen LogP contribution in [0.5, 0.6) is 5.75 Å². The van der Waals surface area contributed by atoms with Crippen LogP contribution in [-0.2, 0) is 4.79 Å². The molecule has 0 aliphatic rings. The zero-order chi connectivity index (χ0) is 11.4. The summed E-state index contributed by atoms with van der Waals surface area (Å²) in [6.45, 7) is -0.528. The van der Waals surface area contributed by atoms with Gasteiger partial charge in [-0.1, -0.05) is 23.2 Å². The molecule has 0 aliphatic carbocycles. The molecule has 0 heterocycles. The van der Waals surface area contributed by atoms with Gasteiger partial charge in [0.05, 0.1) is 15.6 Å². The van der Waals surface area contributed by atoms with E-state index >= 15 is 0 Å². The number of halogens is 2. The molecule has 80 valence electrons. The van der Waals surface area contributed by atoms with Gasteiger partial charge in [-0.15, -0.1) is 0 Å². The van der Waals surface area contributed by atoms with Gasteiger partial charge in [0, 0.05) is 0 Å². The summed E-state index contributed by atoms with van der Waals surface area (Å²) in [7, 11) is 0. The highest BCUT2D eigenvalue weighted by Crippen LogP contribution is 2.32. The smallest absolute Gasteiger partial charge is 0.341 e. The first-order valence-electron chi connectivity index (χ1n) is 3.84. The Morgan fingerprint density at radius 3 is 2.67 bits per heavy atom. The van der Waals surface area contributed by atoms with Crippen molar-refractivity contribution in [2.75, 3.05) is 6.61 Å². The molecule has 1 rings (SSSR count).